The quantitative estimate of drug-likeness (QED) is 0.0185. The van der Waals surface area contributed by atoms with Gasteiger partial charge in [-0.3, -0.25) is 28.8 Å². The van der Waals surface area contributed by atoms with E-state index >= 15 is 4.39 Å². The lowest BCUT2D eigenvalue weighted by Crippen LogP contribution is -2.56. The second kappa shape index (κ2) is 40.2. The van der Waals surface area contributed by atoms with E-state index in [1.165, 1.54) is 36.6 Å². The number of pyridine rings is 2. The molecule has 103 heavy (non-hydrogen) atoms. The second-order valence-corrected chi connectivity index (χ2v) is 30.3. The van der Waals surface area contributed by atoms with Crippen molar-refractivity contribution in [3.8, 4) is 22.8 Å². The van der Waals surface area contributed by atoms with Crippen molar-refractivity contribution in [1.82, 2.24) is 46.8 Å². The number of anilines is 2. The van der Waals surface area contributed by atoms with E-state index in [4.69, 9.17) is 37.9 Å². The van der Waals surface area contributed by atoms with E-state index in [9.17, 15) is 61.7 Å². The van der Waals surface area contributed by atoms with Crippen LogP contribution in [0.4, 0.5) is 30.0 Å². The predicted molar refractivity (Wildman–Crippen MR) is 372 cm³/mol. The molecule has 6 atom stereocenters. The maximum atomic E-state index is 15.2. The fourth-order valence-corrected chi connectivity index (χ4v) is 11.7. The van der Waals surface area contributed by atoms with Gasteiger partial charge in [-0.25, -0.2) is 37.2 Å². The first-order chi connectivity index (χ1) is 48.3. The summed E-state index contributed by atoms with van der Waals surface area (Å²) in [5.41, 5.74) is -1.82. The predicted octanol–water partition coefficient (Wildman–Crippen LogP) is 6.29. The molecule has 4 bridgehead atoms. The van der Waals surface area contributed by atoms with Crippen LogP contribution in [0.3, 0.4) is 0 Å². The third-order valence-corrected chi connectivity index (χ3v) is 16.2. The molecule has 4 heterocycles. The van der Waals surface area contributed by atoms with Gasteiger partial charge in [0.1, 0.15) is 76.0 Å². The Morgan fingerprint density at radius 1 is 0.699 bits per heavy atom. The van der Waals surface area contributed by atoms with Crippen LogP contribution in [0.1, 0.15) is 146 Å². The van der Waals surface area contributed by atoms with Gasteiger partial charge in [0, 0.05) is 68.4 Å². The number of carboxylic acid groups (broad SMARTS) is 1. The number of nitrogens with one attached hydrogen (secondary N) is 7. The Morgan fingerprint density at radius 3 is 1.96 bits per heavy atom. The molecule has 1 aromatic carbocycles. The zero-order valence-corrected chi connectivity index (χ0v) is 61.5. The molecule has 31 nitrogen and oxygen atoms in total. The number of hydrogen-bond donors (Lipinski definition) is 8. The average Bonchev–Trinajstić information content (AvgIpc) is 1.55. The number of carbonyl (C=O) groups is 10. The molecule has 0 saturated carbocycles. The molecule has 0 spiro atoms. The summed E-state index contributed by atoms with van der Waals surface area (Å²) in [6.07, 6.45) is 2.56. The van der Waals surface area contributed by atoms with Gasteiger partial charge in [-0.15, -0.1) is 0 Å². The molecule has 8 N–H and O–H groups in total. The van der Waals surface area contributed by atoms with E-state index in [0.717, 1.165) is 17.2 Å². The first kappa shape index (κ1) is 84.8. The Hall–Kier alpha value is -8.89. The Balaban J connectivity index is 0.998. The maximum absolute atomic E-state index is 15.2. The molecule has 3 aromatic rings. The van der Waals surface area contributed by atoms with Gasteiger partial charge in [0.15, 0.2) is 0 Å². The summed E-state index contributed by atoms with van der Waals surface area (Å²) in [6.45, 7) is 19.5. The van der Waals surface area contributed by atoms with Gasteiger partial charge in [0.05, 0.1) is 81.0 Å². The van der Waals surface area contributed by atoms with Gasteiger partial charge in [0.2, 0.25) is 23.6 Å². The molecule has 1 fully saturated rings. The third kappa shape index (κ3) is 31.7. The molecular weight excluding hydrogens is 1370 g/mol. The number of carboxylic acids is 1. The number of amides is 8. The minimum absolute atomic E-state index is 0.0390. The number of carbonyl (C=O) groups excluding carboxylic acids is 9. The van der Waals surface area contributed by atoms with Gasteiger partial charge < -0.3 is 85.1 Å². The van der Waals surface area contributed by atoms with Crippen LogP contribution in [0.2, 0.25) is 0 Å². The highest BCUT2D eigenvalue weighted by Crippen LogP contribution is 2.35. The summed E-state index contributed by atoms with van der Waals surface area (Å²) < 4.78 is 92.3. The lowest BCUT2D eigenvalue weighted by Gasteiger charge is -2.29. The zero-order chi connectivity index (χ0) is 76.2. The van der Waals surface area contributed by atoms with Crippen LogP contribution >= 0.6 is 0 Å². The smallest absolute Gasteiger partial charge is 0.329 e. The molecule has 2 aromatic heterocycles. The Bertz CT molecular complexity index is 3560. The summed E-state index contributed by atoms with van der Waals surface area (Å²) in [5, 5.41) is 28.3. The van der Waals surface area contributed by atoms with Gasteiger partial charge in [-0.2, -0.15) is 9.35 Å². The number of benzene rings is 1. The fourth-order valence-electron chi connectivity index (χ4n) is 10.3. The van der Waals surface area contributed by atoms with Crippen LogP contribution in [0.25, 0.3) is 11.1 Å². The second-order valence-electron chi connectivity index (χ2n) is 27.9. The van der Waals surface area contributed by atoms with Gasteiger partial charge >= 0.3 is 35.9 Å². The lowest BCUT2D eigenvalue weighted by molar-refractivity contribution is -0.159. The molecule has 5 rings (SSSR count). The van der Waals surface area contributed by atoms with E-state index < -0.39 is 140 Å². The summed E-state index contributed by atoms with van der Waals surface area (Å²) in [4.78, 5) is 141. The summed E-state index contributed by atoms with van der Waals surface area (Å²) in [7, 11) is -3.41. The minimum Gasteiger partial charge on any atom is -0.493 e. The van der Waals surface area contributed by atoms with Crippen LogP contribution in [0, 0.1) is 17.6 Å². The average molecular weight is 1470 g/mol. The summed E-state index contributed by atoms with van der Waals surface area (Å²) >= 11 is 0. The lowest BCUT2D eigenvalue weighted by atomic mass is 10.0. The number of esters is 3. The van der Waals surface area contributed by atoms with Gasteiger partial charge in [-0.05, 0) is 137 Å². The molecule has 8 amide bonds. The molecule has 1 saturated heterocycles. The number of likely N-dealkylation sites (tertiary alicyclic amines) is 1. The van der Waals surface area contributed by atoms with E-state index in [1.807, 2.05) is 0 Å². The van der Waals surface area contributed by atoms with Crippen molar-refractivity contribution in [2.24, 2.45) is 10.3 Å². The monoisotopic (exact) mass is 1470 g/mol. The van der Waals surface area contributed by atoms with Crippen LogP contribution in [0.5, 0.6) is 11.6 Å². The number of ether oxygens (including phenoxy) is 8. The van der Waals surface area contributed by atoms with Crippen LogP contribution in [-0.4, -0.2) is 210 Å². The van der Waals surface area contributed by atoms with E-state index in [0.29, 0.717) is 31.2 Å². The van der Waals surface area contributed by atoms with Crippen molar-refractivity contribution in [2.45, 2.75) is 193 Å². The van der Waals surface area contributed by atoms with Crippen molar-refractivity contribution in [1.29, 1.82) is 0 Å². The molecule has 2 aliphatic rings. The highest BCUT2D eigenvalue weighted by atomic mass is 32.2. The number of halogens is 2. The van der Waals surface area contributed by atoms with Crippen molar-refractivity contribution < 1.29 is 104 Å². The van der Waals surface area contributed by atoms with Crippen LogP contribution < -0.4 is 46.7 Å². The van der Waals surface area contributed by atoms with E-state index in [-0.39, 0.29) is 145 Å². The normalized spacial score (nSPS) is 15.6. The van der Waals surface area contributed by atoms with E-state index in [2.05, 4.69) is 51.5 Å². The number of aromatic nitrogens is 2. The largest absolute Gasteiger partial charge is 0.493 e. The molecule has 2 aliphatic heterocycles. The number of urea groups is 2. The zero-order valence-electron chi connectivity index (χ0n) is 60.7. The highest BCUT2D eigenvalue weighted by molar-refractivity contribution is 7.92. The third-order valence-electron chi connectivity index (χ3n) is 14.8. The van der Waals surface area contributed by atoms with Crippen LogP contribution in [-0.2, 0) is 82.3 Å². The first-order valence-corrected chi connectivity index (χ1v) is 36.3. The van der Waals surface area contributed by atoms with Gasteiger partial charge in [-0.1, -0.05) is 13.8 Å². The van der Waals surface area contributed by atoms with Crippen molar-refractivity contribution in [3.05, 3.63) is 59.8 Å². The fraction of sp³-hybridized carbons (Fsp3) is 0.623. The summed E-state index contributed by atoms with van der Waals surface area (Å²) in [5.74, 6) is -8.27. The molecule has 34 heteroatoms. The van der Waals surface area contributed by atoms with Crippen molar-refractivity contribution in [3.63, 3.8) is 0 Å². The summed E-state index contributed by atoms with van der Waals surface area (Å²) in [6, 6.07) is 0.430. The van der Waals surface area contributed by atoms with E-state index in [1.54, 1.807) is 76.2 Å². The highest BCUT2D eigenvalue weighted by Gasteiger charge is 2.40. The Kier molecular flexibility index (Phi) is 33.1. The molecule has 572 valence electrons. The number of unbranched alkanes of at least 4 members (excludes halogenated alkanes) is 1. The SMILES string of the molecule is CC(C)[C@H](NC(=O)[C@@H]1CCCN1C(=O)[C@H](CC(=O)O)NC(=O)CCOCCOCCOCCNC(=O)NCCCC[C@H](NC(=O)N[C@@H](CCC(=O)OC(C)(C)C)C(=O)OC(C)(C)C)C(=O)OC(C)(C)C)C(=O)N=[S@](C)(=O)Cc1cc2nc(c1)OCCCOc1cc(F)ccc1-c1cc(ncc1F)N2. The van der Waals surface area contributed by atoms with Crippen molar-refractivity contribution in [2.75, 3.05) is 84.1 Å². The number of rotatable bonds is 34. The van der Waals surface area contributed by atoms with Crippen LogP contribution in [0.15, 0.2) is 47.0 Å². The number of hydrogen-bond acceptors (Lipinski definition) is 22. The first-order valence-electron chi connectivity index (χ1n) is 34.2. The van der Waals surface area contributed by atoms with Gasteiger partial charge in [0.25, 0.3) is 5.91 Å². The standard InChI is InChI=1S/C69H101F2N11O20S/c1-42(2)59(61(88)81-103(12,94)41-43-35-54-78-53-38-46(47(71)40-74-53)45-20-19-44(70)37-52(45)98-27-16-28-99-56(36-43)79-54)80-60(87)51-18-15-26-82(51)62(89)50(39-57(84)85)75-55(83)23-29-95-31-33-97-34-32-96-30-25-73-65(92)72-24-14-13-17-48(63(90)101-68(6,7)8)76-66(93)77-49(64(91)102-69(9,10)11)21-22-58(86)100-67(3,4)5/h19-20,35-38,40,42,48-51,59H,13-18,21-34,39,41H2,1-12H3,(H,75,83)(H,80,87)(H,84,85)(H2,72,73,92)(H,74,78,79)(H2,76,77,93)/t48-,49-,50-,51-,59-,103+/m0/s1. The topological polar surface area (TPSA) is 407 Å². The Morgan fingerprint density at radius 2 is 1.32 bits per heavy atom. The number of fused-ring (bicyclic) bond motifs is 6. The van der Waals surface area contributed by atoms with Crippen molar-refractivity contribution >= 4 is 80.9 Å². The number of nitrogens with zero attached hydrogens (tertiary/aromatic N) is 4. The molecule has 0 radical (unpaired) electrons. The Labute approximate surface area is 599 Å². The molecule has 0 unspecified atom stereocenters. The number of aliphatic carboxylic acids is 1. The minimum atomic E-state index is -3.41. The maximum Gasteiger partial charge on any atom is 0.329 e. The molecular formula is C69H101F2N11O20S. The molecule has 0 aliphatic carbocycles.